The van der Waals surface area contributed by atoms with Crippen LogP contribution in [0.2, 0.25) is 0 Å². The van der Waals surface area contributed by atoms with Crippen LogP contribution in [0.4, 0.5) is 0 Å². The fourth-order valence-corrected chi connectivity index (χ4v) is 6.97. The lowest BCUT2D eigenvalue weighted by Crippen LogP contribution is -2.29. The Morgan fingerprint density at radius 1 is 1.12 bits per heavy atom. The number of nitrogens with two attached hydrogens (primary N) is 1. The third kappa shape index (κ3) is 4.74. The molecular weight excluding hydrogens is 536 g/mol. The number of allylic oxidation sites excluding steroid dienone is 12. The van der Waals surface area contributed by atoms with Crippen molar-refractivity contribution in [1.82, 2.24) is 10.6 Å². The lowest BCUT2D eigenvalue weighted by Gasteiger charge is -2.18. The maximum Gasteiger partial charge on any atom is 0.220 e. The zero-order valence-corrected chi connectivity index (χ0v) is 25.7. The minimum atomic E-state index is -0.00809. The van der Waals surface area contributed by atoms with Gasteiger partial charge in [-0.05, 0) is 74.1 Å². The van der Waals surface area contributed by atoms with Crippen LogP contribution in [0.3, 0.4) is 0 Å². The number of carbonyl (C=O) groups is 1. The monoisotopic (exact) mass is 576 g/mol. The summed E-state index contributed by atoms with van der Waals surface area (Å²) in [5.74, 6) is 0.459. The van der Waals surface area contributed by atoms with E-state index in [9.17, 15) is 9.90 Å². The summed E-state index contributed by atoms with van der Waals surface area (Å²) in [7, 11) is 0. The van der Waals surface area contributed by atoms with Crippen LogP contribution in [0, 0.1) is 11.8 Å². The number of nitrogens with one attached hydrogen (secondary N) is 2. The van der Waals surface area contributed by atoms with E-state index in [4.69, 9.17) is 20.7 Å². The molecule has 1 fully saturated rings. The fraction of sp³-hybridized carbons (Fsp3) is 0.371. The SMILES string of the molecule is C=CC1=C(C)C2=NC1=CC1=NC(=CC3=C(C)C4=C(O)CC(=C5NC(=C2)[C@@H](C)[C@@H]5CCC(=O)NCCN)C4=N3)C(CC)=C1C. The Labute approximate surface area is 253 Å². The Bertz CT molecular complexity index is 1710. The average Bonchev–Trinajstić information content (AvgIpc) is 3.73. The summed E-state index contributed by atoms with van der Waals surface area (Å²) >= 11 is 0. The number of aliphatic hydroxyl groups is 1. The van der Waals surface area contributed by atoms with Gasteiger partial charge in [-0.25, -0.2) is 15.0 Å². The summed E-state index contributed by atoms with van der Waals surface area (Å²) in [6.45, 7) is 15.5. The van der Waals surface area contributed by atoms with Crippen LogP contribution in [0.25, 0.3) is 0 Å². The Morgan fingerprint density at radius 3 is 2.58 bits per heavy atom. The van der Waals surface area contributed by atoms with Gasteiger partial charge in [-0.3, -0.25) is 4.79 Å². The van der Waals surface area contributed by atoms with Gasteiger partial charge in [0.2, 0.25) is 5.91 Å². The van der Waals surface area contributed by atoms with Crippen LogP contribution < -0.4 is 16.4 Å². The molecule has 0 aromatic heterocycles. The Balaban J connectivity index is 1.54. The van der Waals surface area contributed by atoms with Crippen molar-refractivity contribution >= 4 is 23.0 Å². The summed E-state index contributed by atoms with van der Waals surface area (Å²) in [5.41, 5.74) is 19.9. The third-order valence-corrected chi connectivity index (χ3v) is 9.45. The first kappa shape index (κ1) is 28.8. The van der Waals surface area contributed by atoms with E-state index in [0.29, 0.717) is 38.1 Å². The molecule has 0 saturated carbocycles. The first-order valence-corrected chi connectivity index (χ1v) is 15.2. The molecule has 1 amide bonds. The van der Waals surface area contributed by atoms with Crippen molar-refractivity contribution < 1.29 is 9.90 Å². The van der Waals surface area contributed by atoms with E-state index >= 15 is 0 Å². The Hall–Kier alpha value is -4.30. The highest BCUT2D eigenvalue weighted by Gasteiger charge is 2.41. The summed E-state index contributed by atoms with van der Waals surface area (Å²) in [6, 6.07) is 0. The highest BCUT2D eigenvalue weighted by Crippen LogP contribution is 2.46. The van der Waals surface area contributed by atoms with Crippen molar-refractivity contribution in [2.24, 2.45) is 32.5 Å². The molecule has 43 heavy (non-hydrogen) atoms. The van der Waals surface area contributed by atoms with Crippen molar-refractivity contribution in [2.45, 2.75) is 60.3 Å². The molecule has 5 heterocycles. The van der Waals surface area contributed by atoms with Gasteiger partial charge in [0.05, 0.1) is 34.2 Å². The maximum atomic E-state index is 12.6. The minimum absolute atomic E-state index is 0.00809. The van der Waals surface area contributed by atoms with Crippen LogP contribution >= 0.6 is 0 Å². The smallest absolute Gasteiger partial charge is 0.220 e. The summed E-state index contributed by atoms with van der Waals surface area (Å²) < 4.78 is 0. The molecule has 8 heteroatoms. The number of aliphatic imine (C=N–C) groups is 3. The first-order valence-electron chi connectivity index (χ1n) is 15.2. The van der Waals surface area contributed by atoms with Crippen LogP contribution in [0.5, 0.6) is 0 Å². The molecule has 0 aromatic carbocycles. The zero-order chi connectivity index (χ0) is 30.6. The van der Waals surface area contributed by atoms with Gasteiger partial charge in [0.25, 0.3) is 0 Å². The van der Waals surface area contributed by atoms with Crippen LogP contribution in [-0.2, 0) is 4.79 Å². The average molecular weight is 577 g/mol. The number of aliphatic hydroxyl groups excluding tert-OH is 1. The van der Waals surface area contributed by atoms with E-state index in [0.717, 1.165) is 85.5 Å². The molecule has 8 bridgehead atoms. The van der Waals surface area contributed by atoms with Crippen molar-refractivity contribution in [3.63, 3.8) is 0 Å². The lowest BCUT2D eigenvalue weighted by atomic mass is 9.86. The third-order valence-electron chi connectivity index (χ3n) is 9.45. The van der Waals surface area contributed by atoms with Gasteiger partial charge < -0.3 is 21.5 Å². The summed E-state index contributed by atoms with van der Waals surface area (Å²) in [6.07, 6.45) is 10.4. The van der Waals surface area contributed by atoms with E-state index in [-0.39, 0.29) is 17.7 Å². The predicted octanol–water partition coefficient (Wildman–Crippen LogP) is 5.70. The number of hydrogen-bond acceptors (Lipinski definition) is 7. The molecule has 6 rings (SSSR count). The molecule has 0 radical (unpaired) electrons. The molecule has 2 atom stereocenters. The molecule has 1 saturated heterocycles. The molecule has 0 aromatic rings. The highest BCUT2D eigenvalue weighted by atomic mass is 16.3. The second-order valence-electron chi connectivity index (χ2n) is 11.9. The number of carbonyl (C=O) groups excluding carboxylic acids is 1. The second kappa shape index (κ2) is 11.1. The van der Waals surface area contributed by atoms with Gasteiger partial charge >= 0.3 is 0 Å². The fourth-order valence-electron chi connectivity index (χ4n) is 6.97. The predicted molar refractivity (Wildman–Crippen MR) is 174 cm³/mol. The number of hydrogen-bond donors (Lipinski definition) is 4. The number of nitrogens with zero attached hydrogens (tertiary/aromatic N) is 3. The standard InChI is InChI=1S/C35H40N6O2/c1-7-21-17(3)25-14-27-19(5)23(9-10-32(43)37-12-11-36)34(40-27)24-13-31(42)33-20(6)28(41-35(24)33)16-30-22(8-2)18(4)26(39-30)15-29(21)38-25/h7,14-16,19,23,40,42H,1,8-13,36H2,2-6H3,(H,37,43)/t19-,23-/m0/s1. The maximum absolute atomic E-state index is 12.6. The molecule has 5 N–H and O–H groups in total. The summed E-state index contributed by atoms with van der Waals surface area (Å²) in [4.78, 5) is 27.9. The van der Waals surface area contributed by atoms with Gasteiger partial charge in [-0.2, -0.15) is 0 Å². The number of rotatable bonds is 7. The normalized spacial score (nSPS) is 24.3. The molecule has 1 aliphatic carbocycles. The Morgan fingerprint density at radius 2 is 1.86 bits per heavy atom. The first-order chi connectivity index (χ1) is 20.7. The molecule has 5 aliphatic heterocycles. The van der Waals surface area contributed by atoms with Crippen molar-refractivity contribution in [3.05, 3.63) is 104 Å². The molecule has 6 aliphatic rings. The number of fused-ring (bicyclic) bond motifs is 5. The molecule has 222 valence electrons. The van der Waals surface area contributed by atoms with Crippen LogP contribution in [0.15, 0.2) is 119 Å². The van der Waals surface area contributed by atoms with E-state index < -0.39 is 0 Å². The molecule has 0 spiro atoms. The zero-order valence-electron chi connectivity index (χ0n) is 25.7. The van der Waals surface area contributed by atoms with E-state index in [1.807, 2.05) is 13.0 Å². The summed E-state index contributed by atoms with van der Waals surface area (Å²) in [5, 5.41) is 17.9. The van der Waals surface area contributed by atoms with Gasteiger partial charge in [-0.15, -0.1) is 0 Å². The molecule has 8 nitrogen and oxygen atoms in total. The van der Waals surface area contributed by atoms with E-state index in [1.165, 1.54) is 5.57 Å². The van der Waals surface area contributed by atoms with Crippen LogP contribution in [-0.4, -0.2) is 41.2 Å². The quantitative estimate of drug-likeness (QED) is 0.310. The lowest BCUT2D eigenvalue weighted by molar-refractivity contribution is -0.121. The highest BCUT2D eigenvalue weighted by molar-refractivity contribution is 6.21. The van der Waals surface area contributed by atoms with E-state index in [1.54, 1.807) is 0 Å². The van der Waals surface area contributed by atoms with Gasteiger partial charge in [0, 0.05) is 65.9 Å². The molecular formula is C35H40N6O2. The second-order valence-corrected chi connectivity index (χ2v) is 11.9. The van der Waals surface area contributed by atoms with Gasteiger partial charge in [0.1, 0.15) is 5.76 Å². The topological polar surface area (TPSA) is 124 Å². The molecule has 0 unspecified atom stereocenters. The Kier molecular flexibility index (Phi) is 7.42. The van der Waals surface area contributed by atoms with Gasteiger partial charge in [0.15, 0.2) is 0 Å². The van der Waals surface area contributed by atoms with Crippen molar-refractivity contribution in [3.8, 4) is 0 Å². The van der Waals surface area contributed by atoms with E-state index in [2.05, 4.69) is 63.1 Å². The van der Waals surface area contributed by atoms with Crippen molar-refractivity contribution in [2.75, 3.05) is 13.1 Å². The minimum Gasteiger partial charge on any atom is -0.511 e. The number of amides is 1. The van der Waals surface area contributed by atoms with Crippen molar-refractivity contribution in [1.29, 1.82) is 0 Å². The van der Waals surface area contributed by atoms with Gasteiger partial charge in [-0.1, -0.05) is 26.5 Å². The largest absolute Gasteiger partial charge is 0.511 e. The van der Waals surface area contributed by atoms with Crippen LogP contribution in [0.1, 0.15) is 60.3 Å².